The second-order valence-corrected chi connectivity index (χ2v) is 7.47. The van der Waals surface area contributed by atoms with Crippen molar-refractivity contribution in [3.63, 3.8) is 0 Å². The Morgan fingerprint density at radius 1 is 1.27 bits per heavy atom. The number of hydrogen-bond acceptors (Lipinski definition) is 9. The fraction of sp³-hybridized carbons (Fsp3) is 0.200. The van der Waals surface area contributed by atoms with Crippen LogP contribution in [0.5, 0.6) is 5.75 Å². The van der Waals surface area contributed by atoms with E-state index in [1.807, 2.05) is 0 Å². The molecule has 0 saturated carbocycles. The van der Waals surface area contributed by atoms with Crippen molar-refractivity contribution in [3.05, 3.63) is 57.5 Å². The summed E-state index contributed by atoms with van der Waals surface area (Å²) in [5, 5.41) is 22.2. The lowest BCUT2D eigenvalue weighted by molar-refractivity contribution is 0.226. The van der Waals surface area contributed by atoms with Crippen molar-refractivity contribution in [2.75, 3.05) is 11.5 Å². The molecule has 1 aliphatic heterocycles. The van der Waals surface area contributed by atoms with Gasteiger partial charge in [-0.3, -0.25) is 4.68 Å². The number of nitrogens with zero attached hydrogens (tertiary/aromatic N) is 8. The SMILES string of the molecule is CC1Oc2cc(nnc2N)-c2c(nn(C)c2C#N)Cn2c(=O)nc(N)n2-c2ccc(F)cc21. The summed E-state index contributed by atoms with van der Waals surface area (Å²) in [5.41, 5.74) is 13.4. The minimum Gasteiger partial charge on any atom is -0.482 e. The molecule has 0 amide bonds. The van der Waals surface area contributed by atoms with Crippen LogP contribution in [-0.4, -0.2) is 34.3 Å². The van der Waals surface area contributed by atoms with Crippen LogP contribution in [0.3, 0.4) is 0 Å². The van der Waals surface area contributed by atoms with Gasteiger partial charge in [-0.25, -0.2) is 18.5 Å². The Hall–Kier alpha value is -4.73. The number of halogens is 1. The predicted molar refractivity (Wildman–Crippen MR) is 114 cm³/mol. The van der Waals surface area contributed by atoms with Crippen molar-refractivity contribution < 1.29 is 9.13 Å². The molecule has 4 heterocycles. The second-order valence-electron chi connectivity index (χ2n) is 7.47. The Balaban J connectivity index is 1.89. The molecule has 2 bridgehead atoms. The number of nitriles is 1. The van der Waals surface area contributed by atoms with Gasteiger partial charge < -0.3 is 16.2 Å². The third-order valence-electron chi connectivity index (χ3n) is 5.42. The van der Waals surface area contributed by atoms with Gasteiger partial charge in [-0.2, -0.15) is 15.3 Å². The first-order valence-electron chi connectivity index (χ1n) is 9.79. The third kappa shape index (κ3) is 3.07. The molecule has 5 rings (SSSR count). The number of fused-ring (bicyclic) bond motifs is 7. The van der Waals surface area contributed by atoms with Crippen molar-refractivity contribution in [3.8, 4) is 28.8 Å². The smallest absolute Gasteiger partial charge is 0.366 e. The monoisotopic (exact) mass is 448 g/mol. The van der Waals surface area contributed by atoms with Crippen molar-refractivity contribution in [2.45, 2.75) is 19.6 Å². The molecule has 0 saturated heterocycles. The maximum Gasteiger partial charge on any atom is 0.366 e. The lowest BCUT2D eigenvalue weighted by Gasteiger charge is -2.22. The maximum absolute atomic E-state index is 14.2. The topological polar surface area (TPSA) is 168 Å². The molecule has 0 fully saturated rings. The number of rotatable bonds is 0. The van der Waals surface area contributed by atoms with Crippen LogP contribution in [0.1, 0.15) is 30.0 Å². The first kappa shape index (κ1) is 20.2. The lowest BCUT2D eigenvalue weighted by Crippen LogP contribution is -2.26. The Kier molecular flexibility index (Phi) is 4.38. The van der Waals surface area contributed by atoms with Gasteiger partial charge in [0.15, 0.2) is 11.6 Å². The molecular weight excluding hydrogens is 431 g/mol. The lowest BCUT2D eigenvalue weighted by atomic mass is 10.1. The summed E-state index contributed by atoms with van der Waals surface area (Å²) in [6, 6.07) is 7.64. The molecule has 12 nitrogen and oxygen atoms in total. The molecule has 1 atom stereocenters. The summed E-state index contributed by atoms with van der Waals surface area (Å²) in [6.07, 6.45) is -0.733. The highest BCUT2D eigenvalue weighted by Gasteiger charge is 2.27. The predicted octanol–water partition coefficient (Wildman–Crippen LogP) is 0.901. The average molecular weight is 448 g/mol. The molecule has 3 aromatic heterocycles. The van der Waals surface area contributed by atoms with Crippen molar-refractivity contribution in [1.29, 1.82) is 5.26 Å². The number of hydrogen-bond donors (Lipinski definition) is 2. The molecule has 0 aliphatic carbocycles. The molecule has 4 aromatic rings. The number of nitrogen functional groups attached to an aromatic ring is 2. The van der Waals surface area contributed by atoms with Crippen LogP contribution in [0.25, 0.3) is 16.9 Å². The van der Waals surface area contributed by atoms with E-state index < -0.39 is 17.6 Å². The molecule has 0 radical (unpaired) electrons. The Bertz CT molecular complexity index is 1530. The Labute approximate surface area is 185 Å². The number of anilines is 2. The van der Waals surface area contributed by atoms with E-state index in [0.29, 0.717) is 22.5 Å². The highest BCUT2D eigenvalue weighted by atomic mass is 19.1. The van der Waals surface area contributed by atoms with Gasteiger partial charge in [0.25, 0.3) is 0 Å². The van der Waals surface area contributed by atoms with Gasteiger partial charge in [0, 0.05) is 18.7 Å². The molecule has 1 unspecified atom stereocenters. The largest absolute Gasteiger partial charge is 0.482 e. The summed E-state index contributed by atoms with van der Waals surface area (Å²) >= 11 is 0. The zero-order valence-electron chi connectivity index (χ0n) is 17.5. The van der Waals surface area contributed by atoms with Gasteiger partial charge in [0.2, 0.25) is 5.95 Å². The Morgan fingerprint density at radius 3 is 2.82 bits per heavy atom. The van der Waals surface area contributed by atoms with E-state index in [0.717, 1.165) is 0 Å². The van der Waals surface area contributed by atoms with Gasteiger partial charge in [0.1, 0.15) is 29.4 Å². The highest BCUT2D eigenvalue weighted by molar-refractivity contribution is 5.70. The summed E-state index contributed by atoms with van der Waals surface area (Å²) in [4.78, 5) is 16.6. The number of aromatic nitrogens is 7. The number of ether oxygens (including phenoxy) is 1. The normalized spacial score (nSPS) is 14.7. The highest BCUT2D eigenvalue weighted by Crippen LogP contribution is 2.35. The standard InChI is InChI=1S/C20H17FN10O2/c1-9-11-5-10(21)3-4-14(11)31-19(24)25-20(32)30(31)8-13-17(15(7-22)29(2)28-13)12-6-16(33-9)18(23)27-26-12/h3-6,9H,8H2,1-2H3,(H2,23,27)(H2,24,25,32). The summed E-state index contributed by atoms with van der Waals surface area (Å²) in [5.74, 6) is -0.398. The van der Waals surface area contributed by atoms with Gasteiger partial charge in [0.05, 0.1) is 23.5 Å². The molecule has 166 valence electrons. The molecular formula is C20H17FN10O2. The van der Waals surface area contributed by atoms with Crippen LogP contribution in [0.2, 0.25) is 0 Å². The summed E-state index contributed by atoms with van der Waals surface area (Å²) in [7, 11) is 1.60. The number of aryl methyl sites for hydroxylation is 1. The quantitative estimate of drug-likeness (QED) is 0.397. The van der Waals surface area contributed by atoms with Crippen molar-refractivity contribution >= 4 is 11.8 Å². The maximum atomic E-state index is 14.2. The van der Waals surface area contributed by atoms with Gasteiger partial charge >= 0.3 is 5.69 Å². The van der Waals surface area contributed by atoms with Crippen LogP contribution in [0, 0.1) is 17.1 Å². The minimum atomic E-state index is -0.733. The molecule has 1 aromatic carbocycles. The van der Waals surface area contributed by atoms with E-state index in [2.05, 4.69) is 26.3 Å². The molecule has 33 heavy (non-hydrogen) atoms. The zero-order valence-corrected chi connectivity index (χ0v) is 17.5. The van der Waals surface area contributed by atoms with Crippen molar-refractivity contribution in [1.82, 2.24) is 34.3 Å². The van der Waals surface area contributed by atoms with E-state index in [9.17, 15) is 14.4 Å². The molecule has 13 heteroatoms. The van der Waals surface area contributed by atoms with Crippen LogP contribution in [-0.2, 0) is 13.6 Å². The van der Waals surface area contributed by atoms with Crippen LogP contribution < -0.4 is 21.9 Å². The number of nitrogens with two attached hydrogens (primary N) is 2. The van der Waals surface area contributed by atoms with Crippen LogP contribution in [0.4, 0.5) is 16.2 Å². The summed E-state index contributed by atoms with van der Waals surface area (Å²) < 4.78 is 24.2. The molecule has 4 N–H and O–H groups in total. The molecule has 1 aliphatic rings. The fourth-order valence-corrected chi connectivity index (χ4v) is 3.93. The third-order valence-corrected chi connectivity index (χ3v) is 5.42. The number of benzene rings is 1. The van der Waals surface area contributed by atoms with E-state index in [1.54, 1.807) is 14.0 Å². The Morgan fingerprint density at radius 2 is 2.06 bits per heavy atom. The van der Waals surface area contributed by atoms with Crippen LogP contribution >= 0.6 is 0 Å². The van der Waals surface area contributed by atoms with E-state index in [-0.39, 0.29) is 35.4 Å². The summed E-state index contributed by atoms with van der Waals surface area (Å²) in [6.45, 7) is 1.59. The minimum absolute atomic E-state index is 0.0172. The average Bonchev–Trinajstić information content (AvgIpc) is 3.23. The zero-order chi connectivity index (χ0) is 23.4. The first-order valence-corrected chi connectivity index (χ1v) is 9.79. The van der Waals surface area contributed by atoms with Crippen LogP contribution in [0.15, 0.2) is 29.1 Å². The van der Waals surface area contributed by atoms with Crippen molar-refractivity contribution in [2.24, 2.45) is 7.05 Å². The van der Waals surface area contributed by atoms with Gasteiger partial charge in [-0.1, -0.05) is 0 Å². The van der Waals surface area contributed by atoms with Gasteiger partial charge in [-0.15, -0.1) is 10.2 Å². The fourth-order valence-electron chi connectivity index (χ4n) is 3.93. The first-order chi connectivity index (χ1) is 15.8. The van der Waals surface area contributed by atoms with E-state index in [4.69, 9.17) is 16.2 Å². The second kappa shape index (κ2) is 7.16. The van der Waals surface area contributed by atoms with E-state index in [1.165, 1.54) is 38.3 Å². The van der Waals surface area contributed by atoms with Gasteiger partial charge in [-0.05, 0) is 25.1 Å². The van der Waals surface area contributed by atoms with E-state index >= 15 is 0 Å². The molecule has 0 spiro atoms.